The summed E-state index contributed by atoms with van der Waals surface area (Å²) in [4.78, 5) is 11.4. The molecule has 0 N–H and O–H groups in total. The second kappa shape index (κ2) is 6.44. The van der Waals surface area contributed by atoms with Crippen molar-refractivity contribution in [3.05, 3.63) is 35.4 Å². The Bertz CT molecular complexity index is 722. The summed E-state index contributed by atoms with van der Waals surface area (Å²) < 4.78 is 7.11. The van der Waals surface area contributed by atoms with E-state index in [0.717, 1.165) is 16.8 Å². The molecule has 0 radical (unpaired) electrons. The van der Waals surface area contributed by atoms with Crippen LogP contribution >= 0.6 is 0 Å². The Balaban J connectivity index is 2.59. The van der Waals surface area contributed by atoms with E-state index in [4.69, 9.17) is 10.00 Å². The molecule has 0 spiro atoms. The third-order valence-electron chi connectivity index (χ3n) is 3.33. The van der Waals surface area contributed by atoms with Crippen molar-refractivity contribution in [1.82, 2.24) is 9.78 Å². The highest BCUT2D eigenvalue weighted by molar-refractivity contribution is 5.72. The number of nitrogens with zero attached hydrogens (tertiary/aromatic N) is 3. The van der Waals surface area contributed by atoms with Crippen LogP contribution in [0.25, 0.3) is 11.3 Å². The topological polar surface area (TPSA) is 67.9 Å². The quantitative estimate of drug-likeness (QED) is 0.810. The molecule has 5 nitrogen and oxygen atoms in total. The van der Waals surface area contributed by atoms with Crippen molar-refractivity contribution >= 4 is 5.97 Å². The Kier molecular flexibility index (Phi) is 4.62. The maximum atomic E-state index is 11.4. The zero-order chi connectivity index (χ0) is 16.3. The molecule has 0 bridgehead atoms. The Hall–Kier alpha value is -2.61. The average molecular weight is 297 g/mol. The molecule has 0 saturated heterocycles. The van der Waals surface area contributed by atoms with Crippen molar-refractivity contribution in [3.63, 3.8) is 0 Å². The minimum absolute atomic E-state index is 0.0757. The molecule has 1 heterocycles. The van der Waals surface area contributed by atoms with E-state index in [-0.39, 0.29) is 12.0 Å². The number of benzene rings is 1. The highest BCUT2D eigenvalue weighted by Crippen LogP contribution is 2.33. The lowest BCUT2D eigenvalue weighted by Gasteiger charge is -2.10. The van der Waals surface area contributed by atoms with Crippen LogP contribution < -0.4 is 4.74 Å². The summed E-state index contributed by atoms with van der Waals surface area (Å²) in [6.45, 7) is 7.37. The van der Waals surface area contributed by atoms with E-state index in [0.29, 0.717) is 17.9 Å². The number of esters is 1. The minimum atomic E-state index is -0.358. The van der Waals surface area contributed by atoms with Crippen LogP contribution in [0.5, 0.6) is 5.88 Å². The van der Waals surface area contributed by atoms with E-state index in [1.807, 2.05) is 32.9 Å². The maximum Gasteiger partial charge on any atom is 0.309 e. The van der Waals surface area contributed by atoms with E-state index in [1.54, 1.807) is 16.8 Å². The summed E-state index contributed by atoms with van der Waals surface area (Å²) in [6.07, 6.45) is 0.699. The summed E-state index contributed by atoms with van der Waals surface area (Å²) >= 11 is 0. The lowest BCUT2D eigenvalue weighted by Crippen LogP contribution is -2.11. The number of nitriles is 1. The number of carbonyl (C=O) groups is 1. The van der Waals surface area contributed by atoms with Crippen LogP contribution in [0.4, 0.5) is 0 Å². The molecule has 2 rings (SSSR count). The van der Waals surface area contributed by atoms with Gasteiger partial charge in [-0.3, -0.25) is 4.79 Å². The van der Waals surface area contributed by atoms with Crippen molar-refractivity contribution in [2.75, 3.05) is 0 Å². The molecule has 114 valence electrons. The number of rotatable bonds is 4. The first-order chi connectivity index (χ1) is 10.5. The number of hydrogen-bond donors (Lipinski definition) is 0. The first kappa shape index (κ1) is 15.8. The van der Waals surface area contributed by atoms with Crippen LogP contribution in [0.3, 0.4) is 0 Å². The standard InChI is InChI=1S/C17H19N3O2/c1-5-15-16(14-8-6-13(10-18)7-9-14)19-20(11(2)3)17(15)22-12(4)21/h6-9,11H,5H2,1-4H3. The molecular weight excluding hydrogens is 278 g/mol. The zero-order valence-electron chi connectivity index (χ0n) is 13.3. The molecule has 22 heavy (non-hydrogen) atoms. The van der Waals surface area contributed by atoms with Crippen LogP contribution in [0.15, 0.2) is 24.3 Å². The highest BCUT2D eigenvalue weighted by Gasteiger charge is 2.22. The first-order valence-electron chi connectivity index (χ1n) is 7.28. The summed E-state index contributed by atoms with van der Waals surface area (Å²) in [5.74, 6) is 0.146. The fraction of sp³-hybridized carbons (Fsp3) is 0.353. The average Bonchev–Trinajstić information content (AvgIpc) is 2.85. The Morgan fingerprint density at radius 1 is 1.36 bits per heavy atom. The third kappa shape index (κ3) is 3.01. The molecule has 0 fully saturated rings. The van der Waals surface area contributed by atoms with Crippen molar-refractivity contribution in [2.45, 2.75) is 40.2 Å². The molecule has 0 aliphatic carbocycles. The van der Waals surface area contributed by atoms with Gasteiger partial charge in [0, 0.05) is 18.1 Å². The zero-order valence-corrected chi connectivity index (χ0v) is 13.3. The van der Waals surface area contributed by atoms with Gasteiger partial charge < -0.3 is 4.74 Å². The predicted octanol–water partition coefficient (Wildman–Crippen LogP) is 3.49. The number of aromatic nitrogens is 2. The van der Waals surface area contributed by atoms with E-state index in [1.165, 1.54) is 6.92 Å². The van der Waals surface area contributed by atoms with Crippen LogP contribution in [-0.4, -0.2) is 15.7 Å². The number of hydrogen-bond acceptors (Lipinski definition) is 4. The predicted molar refractivity (Wildman–Crippen MR) is 83.5 cm³/mol. The van der Waals surface area contributed by atoms with Crippen LogP contribution in [0.2, 0.25) is 0 Å². The largest absolute Gasteiger partial charge is 0.408 e. The van der Waals surface area contributed by atoms with E-state index in [2.05, 4.69) is 11.2 Å². The normalized spacial score (nSPS) is 10.5. The molecular formula is C17H19N3O2. The van der Waals surface area contributed by atoms with Crippen LogP contribution in [0, 0.1) is 11.3 Å². The van der Waals surface area contributed by atoms with Gasteiger partial charge in [-0.1, -0.05) is 19.1 Å². The molecule has 0 amide bonds. The van der Waals surface area contributed by atoms with Crippen LogP contribution in [-0.2, 0) is 11.2 Å². The SMILES string of the molecule is CCc1c(-c2ccc(C#N)cc2)nn(C(C)C)c1OC(C)=O. The number of carbonyl (C=O) groups excluding carboxylic acids is 1. The minimum Gasteiger partial charge on any atom is -0.408 e. The van der Waals surface area contributed by atoms with E-state index < -0.39 is 0 Å². The lowest BCUT2D eigenvalue weighted by atomic mass is 10.0. The molecule has 0 atom stereocenters. The van der Waals surface area contributed by atoms with Gasteiger partial charge in [0.05, 0.1) is 23.4 Å². The lowest BCUT2D eigenvalue weighted by molar-refractivity contribution is -0.132. The molecule has 1 aromatic heterocycles. The van der Waals surface area contributed by atoms with E-state index >= 15 is 0 Å². The van der Waals surface area contributed by atoms with Gasteiger partial charge >= 0.3 is 5.97 Å². The Morgan fingerprint density at radius 3 is 2.45 bits per heavy atom. The van der Waals surface area contributed by atoms with Gasteiger partial charge in [-0.05, 0) is 32.4 Å². The summed E-state index contributed by atoms with van der Waals surface area (Å²) in [7, 11) is 0. The van der Waals surface area contributed by atoms with Gasteiger partial charge in [0.15, 0.2) is 0 Å². The van der Waals surface area contributed by atoms with Gasteiger partial charge in [-0.15, -0.1) is 0 Å². The summed E-state index contributed by atoms with van der Waals surface area (Å²) in [6, 6.07) is 9.42. The molecule has 1 aromatic carbocycles. The van der Waals surface area contributed by atoms with Gasteiger partial charge in [-0.2, -0.15) is 10.4 Å². The second-order valence-corrected chi connectivity index (χ2v) is 5.31. The molecule has 0 aliphatic rings. The summed E-state index contributed by atoms with van der Waals surface area (Å²) in [5, 5.41) is 13.5. The maximum absolute atomic E-state index is 11.4. The van der Waals surface area contributed by atoms with Crippen molar-refractivity contribution in [2.24, 2.45) is 0 Å². The summed E-state index contributed by atoms with van der Waals surface area (Å²) in [5.41, 5.74) is 3.19. The van der Waals surface area contributed by atoms with Gasteiger partial charge in [-0.25, -0.2) is 4.68 Å². The Labute approximate surface area is 130 Å². The first-order valence-corrected chi connectivity index (χ1v) is 7.28. The fourth-order valence-electron chi connectivity index (χ4n) is 2.30. The van der Waals surface area contributed by atoms with Crippen molar-refractivity contribution in [1.29, 1.82) is 5.26 Å². The van der Waals surface area contributed by atoms with Gasteiger partial charge in [0.1, 0.15) is 0 Å². The fourth-order valence-corrected chi connectivity index (χ4v) is 2.30. The molecule has 5 heteroatoms. The van der Waals surface area contributed by atoms with Crippen LogP contribution in [0.1, 0.15) is 44.9 Å². The van der Waals surface area contributed by atoms with Crippen molar-refractivity contribution in [3.8, 4) is 23.2 Å². The molecule has 2 aromatic rings. The van der Waals surface area contributed by atoms with E-state index in [9.17, 15) is 4.79 Å². The van der Waals surface area contributed by atoms with Crippen molar-refractivity contribution < 1.29 is 9.53 Å². The van der Waals surface area contributed by atoms with Gasteiger partial charge in [0.2, 0.25) is 5.88 Å². The second-order valence-electron chi connectivity index (χ2n) is 5.31. The highest BCUT2D eigenvalue weighted by atomic mass is 16.5. The molecule has 0 unspecified atom stereocenters. The molecule has 0 saturated carbocycles. The molecule has 0 aliphatic heterocycles. The number of ether oxygens (including phenoxy) is 1. The Morgan fingerprint density at radius 2 is 2.00 bits per heavy atom. The monoisotopic (exact) mass is 297 g/mol. The third-order valence-corrected chi connectivity index (χ3v) is 3.33. The smallest absolute Gasteiger partial charge is 0.309 e. The van der Waals surface area contributed by atoms with Gasteiger partial charge in [0.25, 0.3) is 0 Å².